The predicted molar refractivity (Wildman–Crippen MR) is 81.1 cm³/mol. The van der Waals surface area contributed by atoms with Crippen LogP contribution in [0.2, 0.25) is 0 Å². The van der Waals surface area contributed by atoms with Gasteiger partial charge in [0.1, 0.15) is 11.4 Å². The molecule has 2 rings (SSSR count). The van der Waals surface area contributed by atoms with E-state index in [2.05, 4.69) is 10.6 Å². The summed E-state index contributed by atoms with van der Waals surface area (Å²) >= 11 is 0. The third kappa shape index (κ3) is 4.18. The van der Waals surface area contributed by atoms with Crippen molar-refractivity contribution in [2.75, 3.05) is 26.9 Å². The lowest BCUT2D eigenvalue weighted by Crippen LogP contribution is -2.48. The molecule has 0 spiro atoms. The summed E-state index contributed by atoms with van der Waals surface area (Å²) in [5.74, 6) is -0.349. The van der Waals surface area contributed by atoms with Crippen LogP contribution in [0.15, 0.2) is 24.3 Å². The van der Waals surface area contributed by atoms with Gasteiger partial charge < -0.3 is 20.1 Å². The minimum atomic E-state index is -0.918. The molecule has 2 amide bonds. The van der Waals surface area contributed by atoms with E-state index in [4.69, 9.17) is 9.47 Å². The van der Waals surface area contributed by atoms with Crippen molar-refractivity contribution in [1.29, 1.82) is 0 Å². The molecule has 1 aromatic carbocycles. The summed E-state index contributed by atoms with van der Waals surface area (Å²) in [6.45, 7) is 3.26. The first-order chi connectivity index (χ1) is 10.5. The molecule has 0 bridgehead atoms. The van der Waals surface area contributed by atoms with Crippen molar-refractivity contribution in [3.8, 4) is 0 Å². The van der Waals surface area contributed by atoms with E-state index < -0.39 is 5.60 Å². The number of hydrogen-bond donors (Lipinski definition) is 2. The maximum Gasteiger partial charge on any atom is 0.315 e. The Bertz CT molecular complexity index is 506. The molecule has 0 unspecified atom stereocenters. The zero-order valence-electron chi connectivity index (χ0n) is 13.0. The molecule has 22 heavy (non-hydrogen) atoms. The molecule has 0 aliphatic carbocycles. The number of benzene rings is 1. The van der Waals surface area contributed by atoms with Gasteiger partial charge in [0.15, 0.2) is 0 Å². The molecular weight excluding hydrogens is 287 g/mol. The number of hydrogen-bond acceptors (Lipinski definition) is 3. The van der Waals surface area contributed by atoms with E-state index >= 15 is 0 Å². The highest BCUT2D eigenvalue weighted by Gasteiger charge is 2.30. The van der Waals surface area contributed by atoms with Crippen LogP contribution >= 0.6 is 0 Å². The van der Waals surface area contributed by atoms with E-state index in [9.17, 15) is 9.18 Å². The minimum absolute atomic E-state index is 0.121. The Hall–Kier alpha value is -1.66. The van der Waals surface area contributed by atoms with Crippen LogP contribution < -0.4 is 10.6 Å². The van der Waals surface area contributed by atoms with Gasteiger partial charge in [-0.15, -0.1) is 0 Å². The van der Waals surface area contributed by atoms with Gasteiger partial charge in [0.05, 0.1) is 6.54 Å². The first-order valence-electron chi connectivity index (χ1n) is 7.47. The number of carbonyl (C=O) groups is 1. The van der Waals surface area contributed by atoms with Crippen molar-refractivity contribution in [2.24, 2.45) is 0 Å². The molecule has 0 radical (unpaired) electrons. The summed E-state index contributed by atoms with van der Waals surface area (Å²) in [5.41, 5.74) is -0.498. The number of urea groups is 1. The summed E-state index contributed by atoms with van der Waals surface area (Å²) in [5, 5.41) is 5.67. The quantitative estimate of drug-likeness (QED) is 0.876. The standard InChI is InChI=1S/C16H23FN2O3/c1-16(21-2,13-5-3-4-6-14(13)17)11-18-15(20)19-12-7-9-22-10-8-12/h3-6,12H,7-11H2,1-2H3,(H2,18,19,20)/t16-/m1/s1. The number of ether oxygens (including phenoxy) is 2. The molecule has 1 aliphatic heterocycles. The molecular formula is C16H23FN2O3. The first kappa shape index (κ1) is 16.7. The molecule has 1 atom stereocenters. The smallest absolute Gasteiger partial charge is 0.315 e. The van der Waals surface area contributed by atoms with Crippen LogP contribution in [0.25, 0.3) is 0 Å². The van der Waals surface area contributed by atoms with Crippen molar-refractivity contribution in [3.05, 3.63) is 35.6 Å². The maximum absolute atomic E-state index is 13.9. The lowest BCUT2D eigenvalue weighted by Gasteiger charge is -2.30. The summed E-state index contributed by atoms with van der Waals surface area (Å²) in [6.07, 6.45) is 1.62. The Morgan fingerprint density at radius 1 is 1.41 bits per heavy atom. The SMILES string of the molecule is CO[C@](C)(CNC(=O)NC1CCOCC1)c1ccccc1F. The normalized spacial score (nSPS) is 18.5. The second kappa shape index (κ2) is 7.56. The highest BCUT2D eigenvalue weighted by Crippen LogP contribution is 2.26. The van der Waals surface area contributed by atoms with Gasteiger partial charge in [-0.05, 0) is 25.8 Å². The molecule has 6 heteroatoms. The molecule has 122 valence electrons. The van der Waals surface area contributed by atoms with E-state index in [0.717, 1.165) is 12.8 Å². The summed E-state index contributed by atoms with van der Waals surface area (Å²) in [4.78, 5) is 12.0. The molecule has 1 saturated heterocycles. The van der Waals surface area contributed by atoms with Crippen molar-refractivity contribution >= 4 is 6.03 Å². The highest BCUT2D eigenvalue weighted by atomic mass is 19.1. The number of methoxy groups -OCH3 is 1. The Morgan fingerprint density at radius 3 is 2.73 bits per heavy atom. The zero-order chi connectivity index (χ0) is 16.0. The minimum Gasteiger partial charge on any atom is -0.381 e. The number of nitrogens with one attached hydrogen (secondary N) is 2. The molecule has 0 saturated carbocycles. The summed E-state index contributed by atoms with van der Waals surface area (Å²) in [6, 6.07) is 6.27. The molecule has 0 aromatic heterocycles. The number of halogens is 1. The van der Waals surface area contributed by atoms with Crippen molar-refractivity contribution < 1.29 is 18.7 Å². The largest absolute Gasteiger partial charge is 0.381 e. The lowest BCUT2D eigenvalue weighted by molar-refractivity contribution is 0.00180. The molecule has 1 heterocycles. The molecule has 1 aliphatic rings. The Labute approximate surface area is 130 Å². The second-order valence-electron chi connectivity index (χ2n) is 5.63. The third-order valence-corrected chi connectivity index (χ3v) is 4.04. The van der Waals surface area contributed by atoms with Gasteiger partial charge in [-0.1, -0.05) is 18.2 Å². The topological polar surface area (TPSA) is 59.6 Å². The van der Waals surface area contributed by atoms with Crippen LogP contribution in [-0.2, 0) is 15.1 Å². The Balaban J connectivity index is 1.92. The average Bonchev–Trinajstić information content (AvgIpc) is 2.54. The first-order valence-corrected chi connectivity index (χ1v) is 7.47. The van der Waals surface area contributed by atoms with E-state index in [1.54, 1.807) is 25.1 Å². The third-order valence-electron chi connectivity index (χ3n) is 4.04. The fourth-order valence-electron chi connectivity index (χ4n) is 2.49. The van der Waals surface area contributed by atoms with Crippen LogP contribution in [0.3, 0.4) is 0 Å². The zero-order valence-corrected chi connectivity index (χ0v) is 13.0. The predicted octanol–water partition coefficient (Wildman–Crippen LogP) is 2.17. The average molecular weight is 310 g/mol. The maximum atomic E-state index is 13.9. The van der Waals surface area contributed by atoms with E-state index in [1.165, 1.54) is 13.2 Å². The molecule has 5 nitrogen and oxygen atoms in total. The van der Waals surface area contributed by atoms with Gasteiger partial charge >= 0.3 is 6.03 Å². The Kier molecular flexibility index (Phi) is 5.74. The fraction of sp³-hybridized carbons (Fsp3) is 0.562. The lowest BCUT2D eigenvalue weighted by atomic mass is 9.95. The van der Waals surface area contributed by atoms with E-state index in [0.29, 0.717) is 18.8 Å². The number of carbonyl (C=O) groups excluding carboxylic acids is 1. The van der Waals surface area contributed by atoms with Gasteiger partial charge in [0, 0.05) is 31.9 Å². The van der Waals surface area contributed by atoms with Crippen LogP contribution in [0.5, 0.6) is 0 Å². The van der Waals surface area contributed by atoms with Crippen LogP contribution in [0.4, 0.5) is 9.18 Å². The fourth-order valence-corrected chi connectivity index (χ4v) is 2.49. The van der Waals surface area contributed by atoms with Gasteiger partial charge in [0.25, 0.3) is 0 Å². The van der Waals surface area contributed by atoms with Crippen molar-refractivity contribution in [1.82, 2.24) is 10.6 Å². The van der Waals surface area contributed by atoms with Gasteiger partial charge in [0.2, 0.25) is 0 Å². The molecule has 1 fully saturated rings. The van der Waals surface area contributed by atoms with Crippen LogP contribution in [0.1, 0.15) is 25.3 Å². The Morgan fingerprint density at radius 2 is 2.09 bits per heavy atom. The molecule has 1 aromatic rings. The molecule has 2 N–H and O–H groups in total. The van der Waals surface area contributed by atoms with Gasteiger partial charge in [-0.2, -0.15) is 0 Å². The summed E-state index contributed by atoms with van der Waals surface area (Å²) < 4.78 is 24.6. The summed E-state index contributed by atoms with van der Waals surface area (Å²) in [7, 11) is 1.50. The van der Waals surface area contributed by atoms with Crippen LogP contribution in [0, 0.1) is 5.82 Å². The van der Waals surface area contributed by atoms with Crippen LogP contribution in [-0.4, -0.2) is 38.9 Å². The van der Waals surface area contributed by atoms with Gasteiger partial charge in [-0.3, -0.25) is 0 Å². The number of rotatable bonds is 5. The van der Waals surface area contributed by atoms with Gasteiger partial charge in [-0.25, -0.2) is 9.18 Å². The monoisotopic (exact) mass is 310 g/mol. The second-order valence-corrected chi connectivity index (χ2v) is 5.63. The highest BCUT2D eigenvalue weighted by molar-refractivity contribution is 5.74. The van der Waals surface area contributed by atoms with Crippen molar-refractivity contribution in [2.45, 2.75) is 31.4 Å². The van der Waals surface area contributed by atoms with E-state index in [1.807, 2.05) is 0 Å². The van der Waals surface area contributed by atoms with Crippen molar-refractivity contribution in [3.63, 3.8) is 0 Å². The number of amides is 2. The van der Waals surface area contributed by atoms with E-state index in [-0.39, 0.29) is 24.4 Å².